The van der Waals surface area contributed by atoms with E-state index in [9.17, 15) is 4.79 Å². The summed E-state index contributed by atoms with van der Waals surface area (Å²) < 4.78 is 5.20. The highest BCUT2D eigenvalue weighted by atomic mass is 16.5. The molecule has 0 atom stereocenters. The van der Waals surface area contributed by atoms with Crippen LogP contribution in [0.5, 0.6) is 5.75 Å². The number of rotatable bonds is 5. The molecule has 0 amide bonds. The number of ether oxygens (including phenoxy) is 1. The Bertz CT molecular complexity index is 719. The molecule has 1 aliphatic heterocycles. The van der Waals surface area contributed by atoms with E-state index in [1.165, 1.54) is 5.69 Å². The normalized spacial score (nSPS) is 14.8. The van der Waals surface area contributed by atoms with Gasteiger partial charge in [0.05, 0.1) is 7.11 Å². The Balaban J connectivity index is 1.67. The maximum atomic E-state index is 11.8. The van der Waals surface area contributed by atoms with E-state index < -0.39 is 0 Å². The molecule has 0 spiro atoms. The molecule has 1 aromatic carbocycles. The lowest BCUT2D eigenvalue weighted by molar-refractivity contribution is 0.415. The summed E-state index contributed by atoms with van der Waals surface area (Å²) in [5, 5.41) is 0. The zero-order chi connectivity index (χ0) is 16.9. The van der Waals surface area contributed by atoms with Gasteiger partial charge in [-0.05, 0) is 30.7 Å². The monoisotopic (exact) mass is 328 g/mol. The van der Waals surface area contributed by atoms with Crippen LogP contribution >= 0.6 is 0 Å². The van der Waals surface area contributed by atoms with Crippen LogP contribution in [0.3, 0.4) is 0 Å². The number of anilines is 2. The third kappa shape index (κ3) is 3.69. The van der Waals surface area contributed by atoms with Crippen molar-refractivity contribution >= 4 is 11.6 Å². The average molecular weight is 328 g/mol. The van der Waals surface area contributed by atoms with E-state index >= 15 is 0 Å². The molecular formula is C18H24N4O2. The number of nitrogens with one attached hydrogen (secondary N) is 1. The predicted octanol–water partition coefficient (Wildman–Crippen LogP) is 2.06. The van der Waals surface area contributed by atoms with Crippen molar-refractivity contribution in [1.29, 1.82) is 0 Å². The first-order valence-electron chi connectivity index (χ1n) is 8.44. The number of benzene rings is 1. The molecule has 0 unspecified atom stereocenters. The topological polar surface area (TPSA) is 61.5 Å². The minimum absolute atomic E-state index is 0.0685. The molecule has 2 heterocycles. The summed E-state index contributed by atoms with van der Waals surface area (Å²) in [6.45, 7) is 5.56. The van der Waals surface area contributed by atoms with Crippen LogP contribution in [0, 0.1) is 0 Å². The Morgan fingerprint density at radius 3 is 2.42 bits per heavy atom. The number of aromatic nitrogens is 2. The maximum Gasteiger partial charge on any atom is 0.252 e. The van der Waals surface area contributed by atoms with E-state index in [4.69, 9.17) is 4.74 Å². The molecule has 1 fully saturated rings. The standard InChI is InChI=1S/C18H24N4O2/c1-3-4-14-13-17(23)20-18(19-14)22-11-9-21(10-12-22)15-5-7-16(24-2)8-6-15/h5-8,13H,3-4,9-12H2,1-2H3,(H,19,20,23). The lowest BCUT2D eigenvalue weighted by Crippen LogP contribution is -2.47. The first-order valence-corrected chi connectivity index (χ1v) is 8.44. The molecule has 6 heteroatoms. The molecule has 1 aliphatic rings. The molecule has 3 rings (SSSR count). The fraction of sp³-hybridized carbons (Fsp3) is 0.444. The Labute approximate surface area is 142 Å². The first kappa shape index (κ1) is 16.4. The van der Waals surface area contributed by atoms with Gasteiger partial charge in [0.1, 0.15) is 5.75 Å². The Hall–Kier alpha value is -2.50. The van der Waals surface area contributed by atoms with E-state index in [0.717, 1.165) is 50.5 Å². The molecule has 0 aliphatic carbocycles. The molecule has 6 nitrogen and oxygen atoms in total. The van der Waals surface area contributed by atoms with E-state index in [-0.39, 0.29) is 5.56 Å². The van der Waals surface area contributed by atoms with Crippen molar-refractivity contribution in [2.75, 3.05) is 43.1 Å². The zero-order valence-electron chi connectivity index (χ0n) is 14.3. The van der Waals surface area contributed by atoms with Gasteiger partial charge in [0.15, 0.2) is 0 Å². The second kappa shape index (κ2) is 7.38. The molecular weight excluding hydrogens is 304 g/mol. The summed E-state index contributed by atoms with van der Waals surface area (Å²) in [6.07, 6.45) is 1.82. The van der Waals surface area contributed by atoms with E-state index in [0.29, 0.717) is 5.95 Å². The van der Waals surface area contributed by atoms with Crippen molar-refractivity contribution in [2.45, 2.75) is 19.8 Å². The van der Waals surface area contributed by atoms with Crippen molar-refractivity contribution in [1.82, 2.24) is 9.97 Å². The highest BCUT2D eigenvalue weighted by Gasteiger charge is 2.19. The zero-order valence-corrected chi connectivity index (χ0v) is 14.3. The van der Waals surface area contributed by atoms with Gasteiger partial charge in [0.25, 0.3) is 5.56 Å². The van der Waals surface area contributed by atoms with Gasteiger partial charge in [-0.25, -0.2) is 4.98 Å². The number of piperazine rings is 1. The van der Waals surface area contributed by atoms with Crippen LogP contribution in [0.2, 0.25) is 0 Å². The van der Waals surface area contributed by atoms with Crippen molar-refractivity contribution in [3.8, 4) is 5.75 Å². The molecule has 1 aromatic heterocycles. The Kier molecular flexibility index (Phi) is 5.03. The maximum absolute atomic E-state index is 11.8. The number of aryl methyl sites for hydroxylation is 1. The lowest BCUT2D eigenvalue weighted by Gasteiger charge is -2.36. The number of methoxy groups -OCH3 is 1. The number of nitrogens with zero attached hydrogens (tertiary/aromatic N) is 3. The summed E-state index contributed by atoms with van der Waals surface area (Å²) in [6, 6.07) is 9.72. The van der Waals surface area contributed by atoms with Crippen LogP contribution in [0.25, 0.3) is 0 Å². The number of hydrogen-bond acceptors (Lipinski definition) is 5. The smallest absolute Gasteiger partial charge is 0.252 e. The highest BCUT2D eigenvalue weighted by molar-refractivity contribution is 5.50. The van der Waals surface area contributed by atoms with Crippen LogP contribution in [-0.2, 0) is 6.42 Å². The first-order chi connectivity index (χ1) is 11.7. The van der Waals surface area contributed by atoms with Crippen LogP contribution in [0.1, 0.15) is 19.0 Å². The molecule has 24 heavy (non-hydrogen) atoms. The summed E-state index contributed by atoms with van der Waals surface area (Å²) in [7, 11) is 1.67. The van der Waals surface area contributed by atoms with Gasteiger partial charge in [-0.2, -0.15) is 0 Å². The van der Waals surface area contributed by atoms with Gasteiger partial charge in [-0.1, -0.05) is 13.3 Å². The van der Waals surface area contributed by atoms with Crippen LogP contribution in [-0.4, -0.2) is 43.3 Å². The molecule has 128 valence electrons. The van der Waals surface area contributed by atoms with Crippen LogP contribution < -0.4 is 20.1 Å². The third-order valence-corrected chi connectivity index (χ3v) is 4.31. The van der Waals surface area contributed by atoms with Gasteiger partial charge in [0.2, 0.25) is 5.95 Å². The number of aromatic amines is 1. The van der Waals surface area contributed by atoms with Gasteiger partial charge in [0, 0.05) is 43.6 Å². The van der Waals surface area contributed by atoms with Gasteiger partial charge >= 0.3 is 0 Å². The minimum Gasteiger partial charge on any atom is -0.497 e. The molecule has 1 N–H and O–H groups in total. The van der Waals surface area contributed by atoms with Crippen molar-refractivity contribution in [2.24, 2.45) is 0 Å². The van der Waals surface area contributed by atoms with Crippen LogP contribution in [0.4, 0.5) is 11.6 Å². The summed E-state index contributed by atoms with van der Waals surface area (Å²) in [5.74, 6) is 1.56. The average Bonchev–Trinajstić information content (AvgIpc) is 2.62. The molecule has 1 saturated heterocycles. The van der Waals surface area contributed by atoms with Gasteiger partial charge in [-0.3, -0.25) is 9.78 Å². The minimum atomic E-state index is -0.0685. The quantitative estimate of drug-likeness (QED) is 0.910. The lowest BCUT2D eigenvalue weighted by atomic mass is 10.2. The molecule has 2 aromatic rings. The largest absolute Gasteiger partial charge is 0.497 e. The van der Waals surface area contributed by atoms with Crippen molar-refractivity contribution < 1.29 is 4.74 Å². The van der Waals surface area contributed by atoms with E-state index in [2.05, 4.69) is 38.8 Å². The second-order valence-corrected chi connectivity index (χ2v) is 5.98. The molecule has 0 saturated carbocycles. The number of H-pyrrole nitrogens is 1. The third-order valence-electron chi connectivity index (χ3n) is 4.31. The SMILES string of the molecule is CCCc1cc(=O)[nH]c(N2CCN(c3ccc(OC)cc3)CC2)n1. The Morgan fingerprint density at radius 1 is 1.12 bits per heavy atom. The van der Waals surface area contributed by atoms with Crippen molar-refractivity contribution in [3.05, 3.63) is 46.4 Å². The predicted molar refractivity (Wildman–Crippen MR) is 96.3 cm³/mol. The fourth-order valence-corrected chi connectivity index (χ4v) is 3.00. The summed E-state index contributed by atoms with van der Waals surface area (Å²) in [5.41, 5.74) is 1.99. The fourth-order valence-electron chi connectivity index (χ4n) is 3.00. The number of hydrogen-bond donors (Lipinski definition) is 1. The van der Waals surface area contributed by atoms with Gasteiger partial charge in [-0.15, -0.1) is 0 Å². The molecule has 0 radical (unpaired) electrons. The molecule has 0 bridgehead atoms. The van der Waals surface area contributed by atoms with Gasteiger partial charge < -0.3 is 14.5 Å². The summed E-state index contributed by atoms with van der Waals surface area (Å²) in [4.78, 5) is 23.8. The van der Waals surface area contributed by atoms with Crippen LogP contribution in [0.15, 0.2) is 35.1 Å². The Morgan fingerprint density at radius 2 is 1.79 bits per heavy atom. The second-order valence-electron chi connectivity index (χ2n) is 5.98. The highest BCUT2D eigenvalue weighted by Crippen LogP contribution is 2.21. The van der Waals surface area contributed by atoms with E-state index in [1.54, 1.807) is 13.2 Å². The summed E-state index contributed by atoms with van der Waals surface area (Å²) >= 11 is 0. The van der Waals surface area contributed by atoms with E-state index in [1.807, 2.05) is 12.1 Å². The van der Waals surface area contributed by atoms with Crippen molar-refractivity contribution in [3.63, 3.8) is 0 Å².